The number of aromatic nitrogens is 1. The van der Waals surface area contributed by atoms with Gasteiger partial charge in [0.1, 0.15) is 5.56 Å². The molecule has 17 heavy (non-hydrogen) atoms. The zero-order valence-electron chi connectivity index (χ0n) is 9.77. The smallest absolute Gasteiger partial charge is 0.259 e. The van der Waals surface area contributed by atoms with Gasteiger partial charge in [-0.1, -0.05) is 15.9 Å². The topological polar surface area (TPSA) is 62.4 Å². The second-order valence-electron chi connectivity index (χ2n) is 3.66. The third kappa shape index (κ3) is 3.98. The lowest BCUT2D eigenvalue weighted by atomic mass is 10.2. The fourth-order valence-corrected chi connectivity index (χ4v) is 2.10. The molecule has 1 aromatic rings. The van der Waals surface area contributed by atoms with E-state index < -0.39 is 0 Å². The van der Waals surface area contributed by atoms with Gasteiger partial charge >= 0.3 is 0 Å². The number of alkyl halides is 1. The molecule has 0 aliphatic carbocycles. The zero-order valence-corrected chi connectivity index (χ0v) is 11.4. The van der Waals surface area contributed by atoms with Crippen LogP contribution in [0.5, 0.6) is 0 Å². The summed E-state index contributed by atoms with van der Waals surface area (Å²) in [5, 5.41) is 0. The number of hydrogen-bond acceptors (Lipinski definition) is 3. The van der Waals surface area contributed by atoms with Crippen LogP contribution in [-0.2, 0) is 4.74 Å². The normalized spacial score (nSPS) is 12.2. The minimum atomic E-state index is -0.299. The van der Waals surface area contributed by atoms with E-state index in [9.17, 15) is 9.59 Å². The molecule has 1 N–H and O–H groups in total. The van der Waals surface area contributed by atoms with Gasteiger partial charge in [0.2, 0.25) is 0 Å². The molecule has 0 bridgehead atoms. The number of aromatic amines is 1. The Labute approximate surface area is 108 Å². The van der Waals surface area contributed by atoms with Gasteiger partial charge in [-0.2, -0.15) is 0 Å². The molecule has 0 fully saturated rings. The summed E-state index contributed by atoms with van der Waals surface area (Å²) in [7, 11) is 3.25. The van der Waals surface area contributed by atoms with Crippen molar-refractivity contribution in [2.45, 2.75) is 4.83 Å². The first-order valence-electron chi connectivity index (χ1n) is 5.11. The van der Waals surface area contributed by atoms with Gasteiger partial charge in [0.15, 0.2) is 5.43 Å². The van der Waals surface area contributed by atoms with Gasteiger partial charge in [-0.05, 0) is 0 Å². The summed E-state index contributed by atoms with van der Waals surface area (Å²) in [6, 6.07) is 1.34. The molecule has 0 spiro atoms. The third-order valence-electron chi connectivity index (χ3n) is 2.22. The van der Waals surface area contributed by atoms with Crippen molar-refractivity contribution in [3.63, 3.8) is 0 Å². The summed E-state index contributed by atoms with van der Waals surface area (Å²) in [6.45, 7) is 0.976. The standard InChI is InChI=1S/C11H15BrN2O3/c1-14(6-8(12)7-17-2)11(16)9-5-13-4-3-10(9)15/h3-5,8H,6-7H2,1-2H3,(H,13,15). The second-order valence-corrected chi connectivity index (χ2v) is 4.96. The molecule has 1 unspecified atom stereocenters. The number of hydrogen-bond donors (Lipinski definition) is 1. The average molecular weight is 303 g/mol. The fraction of sp³-hybridized carbons (Fsp3) is 0.455. The van der Waals surface area contributed by atoms with Gasteiger partial charge in [-0.25, -0.2) is 0 Å². The van der Waals surface area contributed by atoms with Gasteiger partial charge in [0.05, 0.1) is 11.4 Å². The Kier molecular flexibility index (Phi) is 5.37. The predicted octanol–water partition coefficient (Wildman–Crippen LogP) is 0.857. The Bertz CT molecular complexity index is 433. The summed E-state index contributed by atoms with van der Waals surface area (Å²) in [5.74, 6) is -0.299. The number of nitrogens with one attached hydrogen (secondary N) is 1. The first-order valence-corrected chi connectivity index (χ1v) is 6.03. The molecule has 0 saturated carbocycles. The van der Waals surface area contributed by atoms with Gasteiger partial charge < -0.3 is 14.6 Å². The number of amides is 1. The number of nitrogens with zero attached hydrogens (tertiary/aromatic N) is 1. The Morgan fingerprint density at radius 3 is 2.94 bits per heavy atom. The highest BCUT2D eigenvalue weighted by molar-refractivity contribution is 9.09. The molecule has 0 aliphatic heterocycles. The van der Waals surface area contributed by atoms with E-state index in [-0.39, 0.29) is 21.7 Å². The van der Waals surface area contributed by atoms with Crippen LogP contribution in [0, 0.1) is 0 Å². The van der Waals surface area contributed by atoms with Crippen LogP contribution in [0.15, 0.2) is 23.3 Å². The summed E-state index contributed by atoms with van der Waals surface area (Å²) in [5.41, 5.74) is -0.134. The van der Waals surface area contributed by atoms with Crippen LogP contribution in [0.4, 0.5) is 0 Å². The molecule has 6 heteroatoms. The molecule has 94 valence electrons. The van der Waals surface area contributed by atoms with Gasteiger partial charge in [0.25, 0.3) is 5.91 Å². The van der Waals surface area contributed by atoms with Crippen molar-refractivity contribution in [1.29, 1.82) is 0 Å². The Morgan fingerprint density at radius 2 is 2.35 bits per heavy atom. The number of pyridine rings is 1. The van der Waals surface area contributed by atoms with Crippen LogP contribution in [0.3, 0.4) is 0 Å². The molecule has 1 heterocycles. The summed E-state index contributed by atoms with van der Waals surface area (Å²) >= 11 is 3.39. The largest absolute Gasteiger partial charge is 0.383 e. The third-order valence-corrected chi connectivity index (χ3v) is 2.77. The molecule has 0 aliphatic rings. The van der Waals surface area contributed by atoms with E-state index in [1.807, 2.05) is 0 Å². The van der Waals surface area contributed by atoms with Gasteiger partial charge in [0, 0.05) is 39.2 Å². The molecule has 1 rings (SSSR count). The summed E-state index contributed by atoms with van der Waals surface area (Å²) in [4.78, 5) is 27.7. The lowest BCUT2D eigenvalue weighted by molar-refractivity contribution is 0.0782. The first kappa shape index (κ1) is 13.9. The minimum Gasteiger partial charge on any atom is -0.383 e. The highest BCUT2D eigenvalue weighted by atomic mass is 79.9. The highest BCUT2D eigenvalue weighted by Gasteiger charge is 2.17. The van der Waals surface area contributed by atoms with Crippen molar-refractivity contribution in [2.75, 3.05) is 27.3 Å². The van der Waals surface area contributed by atoms with Gasteiger partial charge in [-0.15, -0.1) is 0 Å². The lowest BCUT2D eigenvalue weighted by Gasteiger charge is -2.19. The van der Waals surface area contributed by atoms with Gasteiger partial charge in [-0.3, -0.25) is 9.59 Å². The van der Waals surface area contributed by atoms with E-state index >= 15 is 0 Å². The van der Waals surface area contributed by atoms with Crippen LogP contribution < -0.4 is 5.43 Å². The van der Waals surface area contributed by atoms with Crippen molar-refractivity contribution in [2.24, 2.45) is 0 Å². The molecular weight excluding hydrogens is 288 g/mol. The van der Waals surface area contributed by atoms with E-state index in [1.54, 1.807) is 14.2 Å². The molecule has 1 aromatic heterocycles. The SMILES string of the molecule is COCC(Br)CN(C)C(=O)c1c[nH]ccc1=O. The van der Waals surface area contributed by atoms with Crippen LogP contribution >= 0.6 is 15.9 Å². The monoisotopic (exact) mass is 302 g/mol. The van der Waals surface area contributed by atoms with Crippen LogP contribution in [0.2, 0.25) is 0 Å². The van der Waals surface area contributed by atoms with E-state index in [4.69, 9.17) is 4.74 Å². The Balaban J connectivity index is 2.71. The Morgan fingerprint density at radius 1 is 1.65 bits per heavy atom. The maximum absolute atomic E-state index is 11.9. The van der Waals surface area contributed by atoms with Crippen molar-refractivity contribution in [3.8, 4) is 0 Å². The lowest BCUT2D eigenvalue weighted by Crippen LogP contribution is -2.36. The number of carbonyl (C=O) groups is 1. The number of methoxy groups -OCH3 is 1. The zero-order chi connectivity index (χ0) is 12.8. The van der Waals surface area contributed by atoms with Crippen LogP contribution in [0.25, 0.3) is 0 Å². The maximum atomic E-state index is 11.9. The number of ether oxygens (including phenoxy) is 1. The first-order chi connectivity index (χ1) is 8.06. The van der Waals surface area contributed by atoms with E-state index in [0.29, 0.717) is 13.2 Å². The number of H-pyrrole nitrogens is 1. The average Bonchev–Trinajstić information content (AvgIpc) is 2.29. The molecule has 1 amide bonds. The maximum Gasteiger partial charge on any atom is 0.259 e. The quantitative estimate of drug-likeness (QED) is 0.821. The number of halogens is 1. The van der Waals surface area contributed by atoms with E-state index in [2.05, 4.69) is 20.9 Å². The molecule has 0 aromatic carbocycles. The van der Waals surface area contributed by atoms with Crippen molar-refractivity contribution in [1.82, 2.24) is 9.88 Å². The van der Waals surface area contributed by atoms with Crippen molar-refractivity contribution < 1.29 is 9.53 Å². The highest BCUT2D eigenvalue weighted by Crippen LogP contribution is 2.04. The van der Waals surface area contributed by atoms with Crippen LogP contribution in [-0.4, -0.2) is 47.9 Å². The van der Waals surface area contributed by atoms with Crippen LogP contribution in [0.1, 0.15) is 10.4 Å². The number of rotatable bonds is 5. The van der Waals surface area contributed by atoms with Crippen molar-refractivity contribution >= 4 is 21.8 Å². The van der Waals surface area contributed by atoms with E-state index in [1.165, 1.54) is 23.4 Å². The molecule has 0 radical (unpaired) electrons. The minimum absolute atomic E-state index is 0.0456. The predicted molar refractivity (Wildman–Crippen MR) is 68.6 cm³/mol. The molecule has 1 atom stereocenters. The second kappa shape index (κ2) is 6.56. The Hall–Kier alpha value is -1.14. The molecule has 0 saturated heterocycles. The van der Waals surface area contributed by atoms with E-state index in [0.717, 1.165) is 0 Å². The summed E-state index contributed by atoms with van der Waals surface area (Å²) in [6.07, 6.45) is 2.91. The molecule has 5 nitrogen and oxygen atoms in total. The summed E-state index contributed by atoms with van der Waals surface area (Å²) < 4.78 is 4.96. The molecular formula is C11H15BrN2O3. The fourth-order valence-electron chi connectivity index (χ4n) is 1.40. The van der Waals surface area contributed by atoms with Crippen molar-refractivity contribution in [3.05, 3.63) is 34.2 Å². The number of carbonyl (C=O) groups excluding carboxylic acids is 1.